The summed E-state index contributed by atoms with van der Waals surface area (Å²) in [5.41, 5.74) is 0.970. The number of nitrogens with zero attached hydrogens (tertiary/aromatic N) is 3. The second kappa shape index (κ2) is 6.60. The fourth-order valence-electron chi connectivity index (χ4n) is 2.48. The molecule has 1 aliphatic rings. The summed E-state index contributed by atoms with van der Waals surface area (Å²) in [6, 6.07) is 2.09. The van der Waals surface area contributed by atoms with E-state index in [0.29, 0.717) is 19.6 Å². The number of halogens is 3. The molecule has 124 valence electrons. The molecule has 0 radical (unpaired) electrons. The van der Waals surface area contributed by atoms with Gasteiger partial charge in [0.05, 0.1) is 6.54 Å². The maximum absolute atomic E-state index is 12.7. The number of nitrogens with one attached hydrogen (secondary N) is 1. The summed E-state index contributed by atoms with van der Waals surface area (Å²) in [7, 11) is 1.89. The van der Waals surface area contributed by atoms with Crippen LogP contribution >= 0.6 is 0 Å². The molecule has 2 rings (SSSR count). The van der Waals surface area contributed by atoms with Crippen molar-refractivity contribution in [3.8, 4) is 0 Å². The highest BCUT2D eigenvalue weighted by molar-refractivity contribution is 5.74. The van der Waals surface area contributed by atoms with Gasteiger partial charge in [-0.05, 0) is 19.1 Å². The summed E-state index contributed by atoms with van der Waals surface area (Å²) in [5.74, 6) is 0. The fourth-order valence-corrected chi connectivity index (χ4v) is 2.48. The number of amides is 2. The molecule has 5 nitrogen and oxygen atoms in total. The molecule has 0 spiro atoms. The smallest absolute Gasteiger partial charge is 0.353 e. The lowest BCUT2D eigenvalue weighted by molar-refractivity contribution is -0.181. The van der Waals surface area contributed by atoms with E-state index < -0.39 is 12.2 Å². The standard InChI is InChI=1S/C14H21F3N4O/c1-11(14(15,16)17)20-6-8-21(9-7-20)13(22)18-10-12-4-3-5-19(12)2/h3-5,11H,6-10H2,1-2H3,(H,18,22)/t11-/m1/s1. The number of carbonyl (C=O) groups is 1. The van der Waals surface area contributed by atoms with Crippen LogP contribution in [-0.4, -0.2) is 58.8 Å². The molecule has 2 heterocycles. The van der Waals surface area contributed by atoms with Crippen LogP contribution in [0, 0.1) is 0 Å². The lowest BCUT2D eigenvalue weighted by atomic mass is 10.2. The minimum atomic E-state index is -4.23. The maximum Gasteiger partial charge on any atom is 0.403 e. The molecule has 1 aliphatic heterocycles. The first kappa shape index (κ1) is 16.7. The number of urea groups is 1. The van der Waals surface area contributed by atoms with Crippen molar-refractivity contribution in [2.75, 3.05) is 26.2 Å². The lowest BCUT2D eigenvalue weighted by Crippen LogP contribution is -2.56. The molecule has 1 atom stereocenters. The van der Waals surface area contributed by atoms with Gasteiger partial charge in [-0.15, -0.1) is 0 Å². The first-order valence-corrected chi connectivity index (χ1v) is 7.23. The lowest BCUT2D eigenvalue weighted by Gasteiger charge is -2.38. The van der Waals surface area contributed by atoms with Gasteiger partial charge in [-0.2, -0.15) is 13.2 Å². The number of rotatable bonds is 3. The van der Waals surface area contributed by atoms with Gasteiger partial charge in [-0.1, -0.05) is 0 Å². The molecule has 0 aliphatic carbocycles. The van der Waals surface area contributed by atoms with Gasteiger partial charge in [0.15, 0.2) is 0 Å². The van der Waals surface area contributed by atoms with E-state index >= 15 is 0 Å². The largest absolute Gasteiger partial charge is 0.403 e. The molecular weight excluding hydrogens is 297 g/mol. The minimum Gasteiger partial charge on any atom is -0.353 e. The van der Waals surface area contributed by atoms with Crippen LogP contribution < -0.4 is 5.32 Å². The highest BCUT2D eigenvalue weighted by Crippen LogP contribution is 2.25. The zero-order chi connectivity index (χ0) is 16.3. The highest BCUT2D eigenvalue weighted by Gasteiger charge is 2.41. The average molecular weight is 318 g/mol. The van der Waals surface area contributed by atoms with Crippen LogP contribution in [0.5, 0.6) is 0 Å². The molecule has 0 aromatic carbocycles. The van der Waals surface area contributed by atoms with E-state index in [4.69, 9.17) is 0 Å². The van der Waals surface area contributed by atoms with Crippen molar-refractivity contribution >= 4 is 6.03 Å². The molecule has 0 saturated carbocycles. The Bertz CT molecular complexity index is 506. The third-order valence-corrected chi connectivity index (χ3v) is 4.09. The van der Waals surface area contributed by atoms with Crippen LogP contribution in [-0.2, 0) is 13.6 Å². The van der Waals surface area contributed by atoms with Gasteiger partial charge in [0.2, 0.25) is 0 Å². The molecule has 1 fully saturated rings. The normalized spacial score (nSPS) is 18.3. The molecule has 1 saturated heterocycles. The maximum atomic E-state index is 12.7. The van der Waals surface area contributed by atoms with Crippen LogP contribution in [0.3, 0.4) is 0 Å². The van der Waals surface area contributed by atoms with Crippen LogP contribution in [0.2, 0.25) is 0 Å². The number of piperazine rings is 1. The summed E-state index contributed by atoms with van der Waals surface area (Å²) in [5, 5.41) is 2.80. The minimum absolute atomic E-state index is 0.234. The molecule has 8 heteroatoms. The summed E-state index contributed by atoms with van der Waals surface area (Å²) >= 11 is 0. The van der Waals surface area contributed by atoms with E-state index in [9.17, 15) is 18.0 Å². The first-order chi connectivity index (χ1) is 10.3. The number of aromatic nitrogens is 1. The predicted octanol–water partition coefficient (Wildman–Crippen LogP) is 1.80. The van der Waals surface area contributed by atoms with Crippen molar-refractivity contribution in [2.24, 2.45) is 7.05 Å². The fraction of sp³-hybridized carbons (Fsp3) is 0.643. The topological polar surface area (TPSA) is 40.5 Å². The Labute approximate surface area is 127 Å². The molecular formula is C14H21F3N4O. The van der Waals surface area contributed by atoms with Gasteiger partial charge < -0.3 is 14.8 Å². The van der Waals surface area contributed by atoms with Gasteiger partial charge in [-0.25, -0.2) is 4.79 Å². The second-order valence-corrected chi connectivity index (χ2v) is 5.51. The Morgan fingerprint density at radius 3 is 2.45 bits per heavy atom. The van der Waals surface area contributed by atoms with Gasteiger partial charge >= 0.3 is 12.2 Å². The van der Waals surface area contributed by atoms with E-state index in [-0.39, 0.29) is 19.1 Å². The monoisotopic (exact) mass is 318 g/mol. The zero-order valence-corrected chi connectivity index (χ0v) is 12.7. The van der Waals surface area contributed by atoms with Crippen molar-refractivity contribution in [2.45, 2.75) is 25.7 Å². The molecule has 22 heavy (non-hydrogen) atoms. The number of aryl methyl sites for hydroxylation is 1. The SMILES string of the molecule is C[C@@H](N1CCN(C(=O)NCc2cccn2C)CC1)C(F)(F)F. The highest BCUT2D eigenvalue weighted by atomic mass is 19.4. The van der Waals surface area contributed by atoms with Gasteiger partial charge in [-0.3, -0.25) is 4.90 Å². The van der Waals surface area contributed by atoms with E-state index in [1.807, 2.05) is 29.9 Å². The first-order valence-electron chi connectivity index (χ1n) is 7.23. The van der Waals surface area contributed by atoms with Crippen LogP contribution in [0.15, 0.2) is 18.3 Å². The Morgan fingerprint density at radius 2 is 1.95 bits per heavy atom. The van der Waals surface area contributed by atoms with Crippen LogP contribution in [0.4, 0.5) is 18.0 Å². The van der Waals surface area contributed by atoms with E-state index in [0.717, 1.165) is 12.6 Å². The van der Waals surface area contributed by atoms with Crippen molar-refractivity contribution in [1.82, 2.24) is 19.7 Å². The predicted molar refractivity (Wildman–Crippen MR) is 76.3 cm³/mol. The summed E-state index contributed by atoms with van der Waals surface area (Å²) in [6.45, 7) is 2.64. The second-order valence-electron chi connectivity index (χ2n) is 5.51. The molecule has 1 aromatic heterocycles. The Hall–Kier alpha value is -1.70. The quantitative estimate of drug-likeness (QED) is 0.923. The molecule has 2 amide bonds. The number of hydrogen-bond acceptors (Lipinski definition) is 2. The summed E-state index contributed by atoms with van der Waals surface area (Å²) in [6.07, 6.45) is -2.34. The van der Waals surface area contributed by atoms with Crippen molar-refractivity contribution in [3.63, 3.8) is 0 Å². The Balaban J connectivity index is 1.79. The van der Waals surface area contributed by atoms with Crippen LogP contribution in [0.1, 0.15) is 12.6 Å². The van der Waals surface area contributed by atoms with Gasteiger partial charge in [0.1, 0.15) is 6.04 Å². The molecule has 1 N–H and O–H groups in total. The average Bonchev–Trinajstić information content (AvgIpc) is 2.88. The summed E-state index contributed by atoms with van der Waals surface area (Å²) in [4.78, 5) is 15.0. The zero-order valence-electron chi connectivity index (χ0n) is 12.7. The van der Waals surface area contributed by atoms with Crippen molar-refractivity contribution in [3.05, 3.63) is 24.0 Å². The summed E-state index contributed by atoms with van der Waals surface area (Å²) < 4.78 is 39.9. The number of carbonyl (C=O) groups excluding carboxylic acids is 1. The molecule has 1 aromatic rings. The number of hydrogen-bond donors (Lipinski definition) is 1. The third kappa shape index (κ3) is 3.94. The van der Waals surface area contributed by atoms with E-state index in [1.165, 1.54) is 4.90 Å². The molecule has 0 unspecified atom stereocenters. The van der Waals surface area contributed by atoms with E-state index in [2.05, 4.69) is 5.32 Å². The molecule has 0 bridgehead atoms. The van der Waals surface area contributed by atoms with Crippen molar-refractivity contribution < 1.29 is 18.0 Å². The van der Waals surface area contributed by atoms with Crippen molar-refractivity contribution in [1.29, 1.82) is 0 Å². The Morgan fingerprint density at radius 1 is 1.32 bits per heavy atom. The van der Waals surface area contributed by atoms with E-state index in [1.54, 1.807) is 4.90 Å². The van der Waals surface area contributed by atoms with Gasteiger partial charge in [0, 0.05) is 45.1 Å². The van der Waals surface area contributed by atoms with Crippen LogP contribution in [0.25, 0.3) is 0 Å². The van der Waals surface area contributed by atoms with Gasteiger partial charge in [0.25, 0.3) is 0 Å². The third-order valence-electron chi connectivity index (χ3n) is 4.09. The number of alkyl halides is 3. The Kier molecular flexibility index (Phi) is 5.00.